The summed E-state index contributed by atoms with van der Waals surface area (Å²) in [6.07, 6.45) is 2.18. The summed E-state index contributed by atoms with van der Waals surface area (Å²) in [4.78, 5) is 4.29. The van der Waals surface area contributed by atoms with Crippen molar-refractivity contribution in [3.05, 3.63) is 59.5 Å². The molecule has 3 rings (SSSR count). The number of halogens is 1. The molecule has 0 bridgehead atoms. The number of anilines is 1. The summed E-state index contributed by atoms with van der Waals surface area (Å²) in [6.45, 7) is 2.84. The molecule has 5 nitrogen and oxygen atoms in total. The molecule has 25 heavy (non-hydrogen) atoms. The van der Waals surface area contributed by atoms with Crippen molar-refractivity contribution in [1.29, 1.82) is 0 Å². The van der Waals surface area contributed by atoms with E-state index in [1.165, 1.54) is 16.4 Å². The summed E-state index contributed by atoms with van der Waals surface area (Å²) in [6, 6.07) is 11.8. The lowest BCUT2D eigenvalue weighted by Gasteiger charge is -2.31. The highest BCUT2D eigenvalue weighted by molar-refractivity contribution is 7.90. The Morgan fingerprint density at radius 2 is 1.84 bits per heavy atom. The van der Waals surface area contributed by atoms with Crippen LogP contribution in [0, 0.1) is 5.82 Å². The standard InChI is InChI=1S/C18H22FN3O2S/c1-2-17-4-3-5-18(20-17)21-25(23,24)22-12-10-15(11-13-22)14-6-8-16(19)9-7-14/h3-9,15H,2,10-13H2,1H3,(H,20,21). The van der Waals surface area contributed by atoms with Gasteiger partial charge in [-0.05, 0) is 55.0 Å². The molecule has 2 heterocycles. The Labute approximate surface area is 148 Å². The molecule has 0 saturated carbocycles. The maximum absolute atomic E-state index is 13.0. The Balaban J connectivity index is 1.63. The van der Waals surface area contributed by atoms with Crippen molar-refractivity contribution >= 4 is 16.0 Å². The summed E-state index contributed by atoms with van der Waals surface area (Å²) in [5.74, 6) is 0.350. The summed E-state index contributed by atoms with van der Waals surface area (Å²) >= 11 is 0. The molecule has 7 heteroatoms. The zero-order chi connectivity index (χ0) is 17.9. The third-order valence-corrected chi connectivity index (χ3v) is 6.05. The van der Waals surface area contributed by atoms with Gasteiger partial charge in [0.1, 0.15) is 11.6 Å². The fourth-order valence-corrected chi connectivity index (χ4v) is 4.29. The van der Waals surface area contributed by atoms with E-state index in [0.717, 1.165) is 30.5 Å². The van der Waals surface area contributed by atoms with Gasteiger partial charge in [-0.3, -0.25) is 4.72 Å². The third-order valence-electron chi connectivity index (χ3n) is 4.54. The fourth-order valence-electron chi connectivity index (χ4n) is 3.09. The van der Waals surface area contributed by atoms with E-state index in [9.17, 15) is 12.8 Å². The number of piperidine rings is 1. The average Bonchev–Trinajstić information content (AvgIpc) is 2.62. The molecular formula is C18H22FN3O2S. The van der Waals surface area contributed by atoms with Gasteiger partial charge in [-0.15, -0.1) is 0 Å². The van der Waals surface area contributed by atoms with Gasteiger partial charge in [0.2, 0.25) is 0 Å². The van der Waals surface area contributed by atoms with Gasteiger partial charge in [0.25, 0.3) is 0 Å². The maximum Gasteiger partial charge on any atom is 0.302 e. The number of rotatable bonds is 5. The van der Waals surface area contributed by atoms with E-state index in [0.29, 0.717) is 18.9 Å². The van der Waals surface area contributed by atoms with Crippen LogP contribution in [0.2, 0.25) is 0 Å². The molecule has 1 aromatic heterocycles. The highest BCUT2D eigenvalue weighted by Gasteiger charge is 2.28. The fraction of sp³-hybridized carbons (Fsp3) is 0.389. The highest BCUT2D eigenvalue weighted by Crippen LogP contribution is 2.29. The van der Waals surface area contributed by atoms with Crippen molar-refractivity contribution in [2.24, 2.45) is 0 Å². The first-order chi connectivity index (χ1) is 12.0. The lowest BCUT2D eigenvalue weighted by molar-refractivity contribution is 0.321. The Morgan fingerprint density at radius 3 is 2.48 bits per heavy atom. The van der Waals surface area contributed by atoms with Gasteiger partial charge >= 0.3 is 10.2 Å². The lowest BCUT2D eigenvalue weighted by Crippen LogP contribution is -2.41. The van der Waals surface area contributed by atoms with Crippen LogP contribution in [0.5, 0.6) is 0 Å². The maximum atomic E-state index is 13.0. The molecule has 0 aliphatic carbocycles. The molecule has 0 atom stereocenters. The van der Waals surface area contributed by atoms with Crippen molar-refractivity contribution in [3.8, 4) is 0 Å². The van der Waals surface area contributed by atoms with Crippen LogP contribution in [0.15, 0.2) is 42.5 Å². The van der Waals surface area contributed by atoms with Crippen LogP contribution in [0.4, 0.5) is 10.2 Å². The molecule has 1 aromatic carbocycles. The molecule has 0 spiro atoms. The first-order valence-corrected chi connectivity index (χ1v) is 9.91. The molecular weight excluding hydrogens is 341 g/mol. The topological polar surface area (TPSA) is 62.3 Å². The molecule has 1 saturated heterocycles. The largest absolute Gasteiger partial charge is 0.302 e. The van der Waals surface area contributed by atoms with Crippen molar-refractivity contribution in [2.75, 3.05) is 17.8 Å². The molecule has 1 aliphatic rings. The van der Waals surface area contributed by atoms with E-state index in [1.807, 2.05) is 13.0 Å². The predicted molar refractivity (Wildman–Crippen MR) is 96.1 cm³/mol. The number of aromatic nitrogens is 1. The van der Waals surface area contributed by atoms with Crippen molar-refractivity contribution in [3.63, 3.8) is 0 Å². The lowest BCUT2D eigenvalue weighted by atomic mass is 9.90. The van der Waals surface area contributed by atoms with Crippen molar-refractivity contribution in [2.45, 2.75) is 32.1 Å². The van der Waals surface area contributed by atoms with Gasteiger partial charge in [-0.1, -0.05) is 25.1 Å². The van der Waals surface area contributed by atoms with Gasteiger partial charge in [0.15, 0.2) is 0 Å². The van der Waals surface area contributed by atoms with Crippen LogP contribution in [0.3, 0.4) is 0 Å². The molecule has 0 amide bonds. The van der Waals surface area contributed by atoms with Crippen LogP contribution >= 0.6 is 0 Å². The molecule has 1 fully saturated rings. The van der Waals surface area contributed by atoms with Crippen LogP contribution in [-0.2, 0) is 16.6 Å². The Hall–Kier alpha value is -1.99. The van der Waals surface area contributed by atoms with E-state index in [-0.39, 0.29) is 11.7 Å². The Kier molecular flexibility index (Phi) is 5.34. The Morgan fingerprint density at radius 1 is 1.16 bits per heavy atom. The number of nitrogens with one attached hydrogen (secondary N) is 1. The molecule has 1 N–H and O–H groups in total. The number of benzene rings is 1. The summed E-state index contributed by atoms with van der Waals surface area (Å²) in [7, 11) is -3.61. The quantitative estimate of drug-likeness (QED) is 0.886. The molecule has 1 aliphatic heterocycles. The third kappa shape index (κ3) is 4.35. The summed E-state index contributed by atoms with van der Waals surface area (Å²) < 4.78 is 42.2. The molecule has 0 unspecified atom stereocenters. The van der Waals surface area contributed by atoms with Crippen molar-refractivity contribution in [1.82, 2.24) is 9.29 Å². The van der Waals surface area contributed by atoms with E-state index in [4.69, 9.17) is 0 Å². The van der Waals surface area contributed by atoms with Gasteiger partial charge in [-0.25, -0.2) is 9.37 Å². The minimum atomic E-state index is -3.61. The molecule has 0 radical (unpaired) electrons. The highest BCUT2D eigenvalue weighted by atomic mass is 32.2. The van der Waals surface area contributed by atoms with E-state index >= 15 is 0 Å². The SMILES string of the molecule is CCc1cccc(NS(=O)(=O)N2CCC(c3ccc(F)cc3)CC2)n1. The van der Waals surface area contributed by atoms with E-state index in [1.54, 1.807) is 24.3 Å². The van der Waals surface area contributed by atoms with E-state index in [2.05, 4.69) is 9.71 Å². The normalized spacial score (nSPS) is 16.7. The van der Waals surface area contributed by atoms with Crippen molar-refractivity contribution < 1.29 is 12.8 Å². The Bertz CT molecular complexity index is 816. The number of pyridine rings is 1. The first kappa shape index (κ1) is 17.8. The second kappa shape index (κ2) is 7.49. The van der Waals surface area contributed by atoms with E-state index < -0.39 is 10.2 Å². The molecule has 2 aromatic rings. The van der Waals surface area contributed by atoms with Crippen LogP contribution in [0.25, 0.3) is 0 Å². The molecule has 134 valence electrons. The van der Waals surface area contributed by atoms with Crippen LogP contribution < -0.4 is 4.72 Å². The summed E-state index contributed by atoms with van der Waals surface area (Å²) in [5, 5.41) is 0. The minimum absolute atomic E-state index is 0.255. The first-order valence-electron chi connectivity index (χ1n) is 8.47. The van der Waals surface area contributed by atoms with Crippen LogP contribution in [-0.4, -0.2) is 30.8 Å². The van der Waals surface area contributed by atoms with Crippen LogP contribution in [0.1, 0.15) is 36.9 Å². The number of nitrogens with zero attached hydrogens (tertiary/aromatic N) is 2. The number of hydrogen-bond acceptors (Lipinski definition) is 3. The average molecular weight is 363 g/mol. The monoisotopic (exact) mass is 363 g/mol. The van der Waals surface area contributed by atoms with Gasteiger partial charge < -0.3 is 0 Å². The smallest absolute Gasteiger partial charge is 0.254 e. The summed E-state index contributed by atoms with van der Waals surface area (Å²) in [5.41, 5.74) is 1.90. The zero-order valence-electron chi connectivity index (χ0n) is 14.2. The number of hydrogen-bond donors (Lipinski definition) is 1. The van der Waals surface area contributed by atoms with Gasteiger partial charge in [-0.2, -0.15) is 12.7 Å². The number of aryl methyl sites for hydroxylation is 1. The van der Waals surface area contributed by atoms with Gasteiger partial charge in [0, 0.05) is 18.8 Å². The van der Waals surface area contributed by atoms with Gasteiger partial charge in [0.05, 0.1) is 0 Å². The second-order valence-corrected chi connectivity index (χ2v) is 7.87. The zero-order valence-corrected chi connectivity index (χ0v) is 15.0. The minimum Gasteiger partial charge on any atom is -0.254 e. The second-order valence-electron chi connectivity index (χ2n) is 6.20. The predicted octanol–water partition coefficient (Wildman–Crippen LogP) is 3.32.